The summed E-state index contributed by atoms with van der Waals surface area (Å²) in [6.07, 6.45) is 0. The van der Waals surface area contributed by atoms with Gasteiger partial charge in [-0.2, -0.15) is 0 Å². The summed E-state index contributed by atoms with van der Waals surface area (Å²) in [6, 6.07) is 0. The molecule has 1 saturated heterocycles. The normalized spacial score (nSPS) is 34.1. The lowest BCUT2D eigenvalue weighted by Gasteiger charge is -1.97. The summed E-state index contributed by atoms with van der Waals surface area (Å²) in [5.74, 6) is 0. The van der Waals surface area contributed by atoms with Gasteiger partial charge in [-0.1, -0.05) is 0 Å². The number of hydrogen-bond donors (Lipinski definition) is 0. The van der Waals surface area contributed by atoms with Crippen molar-refractivity contribution in [3.05, 3.63) is 0 Å². The lowest BCUT2D eigenvalue weighted by Crippen LogP contribution is -2.13. The first-order chi connectivity index (χ1) is 3.30. The van der Waals surface area contributed by atoms with E-state index in [0.29, 0.717) is 6.61 Å². The third-order valence-electron chi connectivity index (χ3n) is 0.845. The molecule has 0 N–H and O–H groups in total. The van der Waals surface area contributed by atoms with E-state index in [4.69, 9.17) is 0 Å². The lowest BCUT2D eigenvalue weighted by atomic mass is 10.7. The van der Waals surface area contributed by atoms with Crippen molar-refractivity contribution < 1.29 is 8.39 Å². The van der Waals surface area contributed by atoms with E-state index in [1.807, 2.05) is 0 Å². The van der Waals surface area contributed by atoms with Gasteiger partial charge in [0.25, 0.3) is 0 Å². The molecule has 1 heterocycles. The number of rotatable bonds is 0. The zero-order valence-corrected chi connectivity index (χ0v) is 4.90. The van der Waals surface area contributed by atoms with Crippen LogP contribution >= 0.6 is 0 Å². The first-order valence-electron chi connectivity index (χ1n) is 2.07. The summed E-state index contributed by atoms with van der Waals surface area (Å²) in [6.45, 7) is 1.38. The van der Waals surface area contributed by atoms with E-state index in [2.05, 4.69) is 4.18 Å². The minimum atomic E-state index is -1.13. The third kappa shape index (κ3) is 0.992. The molecule has 42 valence electrons. The zero-order valence-electron chi connectivity index (χ0n) is 4.09. The van der Waals surface area contributed by atoms with Crippen molar-refractivity contribution in [1.82, 2.24) is 4.31 Å². The van der Waals surface area contributed by atoms with Gasteiger partial charge in [0.15, 0.2) is 0 Å². The fourth-order valence-electron chi connectivity index (χ4n) is 0.402. The second kappa shape index (κ2) is 1.90. The standard InChI is InChI=1S/C3H7NO2S/c1-4-2-3-6-7(4)5/h2-3H2,1H3. The summed E-state index contributed by atoms with van der Waals surface area (Å²) in [5.41, 5.74) is 0. The van der Waals surface area contributed by atoms with Crippen LogP contribution in [0.2, 0.25) is 0 Å². The molecule has 0 amide bonds. The number of likely N-dealkylation sites (N-methyl/N-ethyl adjacent to an activating group) is 1. The topological polar surface area (TPSA) is 29.5 Å². The van der Waals surface area contributed by atoms with Crippen LogP contribution < -0.4 is 0 Å². The molecule has 1 atom stereocenters. The van der Waals surface area contributed by atoms with Crippen LogP contribution in [0, 0.1) is 0 Å². The molecular weight excluding hydrogens is 114 g/mol. The second-order valence-corrected chi connectivity index (χ2v) is 2.68. The first-order valence-corrected chi connectivity index (χ1v) is 3.10. The third-order valence-corrected chi connectivity index (χ3v) is 1.90. The summed E-state index contributed by atoms with van der Waals surface area (Å²) in [4.78, 5) is 0. The van der Waals surface area contributed by atoms with E-state index in [1.165, 1.54) is 0 Å². The highest BCUT2D eigenvalue weighted by atomic mass is 32.2. The van der Waals surface area contributed by atoms with E-state index in [1.54, 1.807) is 11.4 Å². The summed E-state index contributed by atoms with van der Waals surface area (Å²) < 4.78 is 16.7. The van der Waals surface area contributed by atoms with E-state index in [-0.39, 0.29) is 0 Å². The van der Waals surface area contributed by atoms with Crippen LogP contribution in [-0.4, -0.2) is 28.7 Å². The van der Waals surface area contributed by atoms with Crippen molar-refractivity contribution in [2.75, 3.05) is 20.2 Å². The molecule has 0 aliphatic carbocycles. The first kappa shape index (κ1) is 5.21. The Hall–Kier alpha value is 0.0700. The van der Waals surface area contributed by atoms with Gasteiger partial charge in [0.2, 0.25) is 11.3 Å². The van der Waals surface area contributed by atoms with E-state index in [0.717, 1.165) is 6.54 Å². The Balaban J connectivity index is 2.48. The Kier molecular flexibility index (Phi) is 1.41. The fourth-order valence-corrected chi connectivity index (χ4v) is 1.02. The summed E-state index contributed by atoms with van der Waals surface area (Å²) in [5, 5.41) is 0. The molecule has 0 radical (unpaired) electrons. The minimum Gasteiger partial charge on any atom is -0.277 e. The van der Waals surface area contributed by atoms with Crippen molar-refractivity contribution in [1.29, 1.82) is 0 Å². The van der Waals surface area contributed by atoms with Crippen molar-refractivity contribution in [3.63, 3.8) is 0 Å². The molecular formula is C3H7NO2S. The molecule has 0 aromatic carbocycles. The van der Waals surface area contributed by atoms with Crippen LogP contribution in [0.3, 0.4) is 0 Å². The Labute approximate surface area is 45.1 Å². The average molecular weight is 121 g/mol. The Morgan fingerprint density at radius 1 is 1.86 bits per heavy atom. The largest absolute Gasteiger partial charge is 0.277 e. The predicted octanol–water partition coefficient (Wildman–Crippen LogP) is -0.473. The maximum Gasteiger partial charge on any atom is 0.237 e. The van der Waals surface area contributed by atoms with E-state index < -0.39 is 11.3 Å². The van der Waals surface area contributed by atoms with Gasteiger partial charge in [-0.3, -0.25) is 4.18 Å². The molecule has 4 heteroatoms. The molecule has 1 aliphatic rings. The summed E-state index contributed by atoms with van der Waals surface area (Å²) in [7, 11) is 1.77. The molecule has 0 aromatic heterocycles. The minimum absolute atomic E-state index is 0.600. The molecule has 3 nitrogen and oxygen atoms in total. The second-order valence-electron chi connectivity index (χ2n) is 1.39. The zero-order chi connectivity index (χ0) is 5.28. The van der Waals surface area contributed by atoms with Crippen LogP contribution in [0.5, 0.6) is 0 Å². The fraction of sp³-hybridized carbons (Fsp3) is 1.00. The van der Waals surface area contributed by atoms with E-state index in [9.17, 15) is 4.21 Å². The molecule has 0 spiro atoms. The van der Waals surface area contributed by atoms with Crippen LogP contribution in [-0.2, 0) is 15.4 Å². The van der Waals surface area contributed by atoms with Gasteiger partial charge in [-0.05, 0) is 0 Å². The van der Waals surface area contributed by atoms with Crippen LogP contribution in [0.1, 0.15) is 0 Å². The van der Waals surface area contributed by atoms with Crippen molar-refractivity contribution >= 4 is 11.3 Å². The van der Waals surface area contributed by atoms with Crippen molar-refractivity contribution in [2.45, 2.75) is 0 Å². The Bertz CT molecular complexity index is 94.9. The van der Waals surface area contributed by atoms with Gasteiger partial charge in [0, 0.05) is 13.6 Å². The van der Waals surface area contributed by atoms with Crippen molar-refractivity contribution in [3.8, 4) is 0 Å². The number of hydrogen-bond acceptors (Lipinski definition) is 2. The molecule has 1 fully saturated rings. The Morgan fingerprint density at radius 2 is 2.57 bits per heavy atom. The molecule has 1 rings (SSSR count). The van der Waals surface area contributed by atoms with Crippen LogP contribution in [0.25, 0.3) is 0 Å². The highest BCUT2D eigenvalue weighted by molar-refractivity contribution is 7.77. The van der Waals surface area contributed by atoms with Gasteiger partial charge in [-0.25, -0.2) is 8.51 Å². The average Bonchev–Trinajstić information content (AvgIpc) is 1.91. The highest BCUT2D eigenvalue weighted by Gasteiger charge is 2.14. The SMILES string of the molecule is CN1CCOS1=O. The van der Waals surface area contributed by atoms with Crippen LogP contribution in [0.15, 0.2) is 0 Å². The molecule has 0 saturated carbocycles. The molecule has 0 bridgehead atoms. The van der Waals surface area contributed by atoms with Crippen LogP contribution in [0.4, 0.5) is 0 Å². The maximum atomic E-state index is 10.4. The van der Waals surface area contributed by atoms with Gasteiger partial charge >= 0.3 is 0 Å². The molecule has 1 unspecified atom stereocenters. The Morgan fingerprint density at radius 3 is 2.71 bits per heavy atom. The smallest absolute Gasteiger partial charge is 0.237 e. The van der Waals surface area contributed by atoms with Gasteiger partial charge in [0.1, 0.15) is 0 Å². The van der Waals surface area contributed by atoms with Gasteiger partial charge < -0.3 is 0 Å². The highest BCUT2D eigenvalue weighted by Crippen LogP contribution is 2.00. The monoisotopic (exact) mass is 121 g/mol. The van der Waals surface area contributed by atoms with Crippen molar-refractivity contribution in [2.24, 2.45) is 0 Å². The number of nitrogens with zero attached hydrogens (tertiary/aromatic N) is 1. The maximum absolute atomic E-state index is 10.4. The molecule has 1 aliphatic heterocycles. The molecule has 7 heavy (non-hydrogen) atoms. The van der Waals surface area contributed by atoms with Gasteiger partial charge in [0.05, 0.1) is 6.61 Å². The van der Waals surface area contributed by atoms with E-state index >= 15 is 0 Å². The quantitative estimate of drug-likeness (QED) is 0.433. The van der Waals surface area contributed by atoms with Gasteiger partial charge in [-0.15, -0.1) is 0 Å². The lowest BCUT2D eigenvalue weighted by molar-refractivity contribution is 0.389. The predicted molar refractivity (Wildman–Crippen MR) is 26.7 cm³/mol. The molecule has 0 aromatic rings. The summed E-state index contributed by atoms with van der Waals surface area (Å²) >= 11 is -1.13.